The van der Waals surface area contributed by atoms with Gasteiger partial charge in [-0.3, -0.25) is 0 Å². The summed E-state index contributed by atoms with van der Waals surface area (Å²) in [6.45, 7) is 10.2. The molecule has 0 aromatic rings. The van der Waals surface area contributed by atoms with Gasteiger partial charge in [-0.15, -0.1) is 13.2 Å². The van der Waals surface area contributed by atoms with Gasteiger partial charge >= 0.3 is 0 Å². The summed E-state index contributed by atoms with van der Waals surface area (Å²) in [5.74, 6) is 0. The maximum absolute atomic E-state index is 5.04. The number of thiocarbonyl (C=S) groups is 2. The van der Waals surface area contributed by atoms with E-state index in [1.807, 2.05) is 0 Å². The Morgan fingerprint density at radius 2 is 1.24 bits per heavy atom. The highest BCUT2D eigenvalue weighted by atomic mass is 32.1. The van der Waals surface area contributed by atoms with Crippen LogP contribution in [-0.4, -0.2) is 36.4 Å². The molecule has 4 N–H and O–H groups in total. The minimum atomic E-state index is 0.650. The molecular weight excluding hydrogens is 252 g/mol. The Morgan fingerprint density at radius 3 is 1.59 bits per heavy atom. The maximum Gasteiger partial charge on any atom is 0.166 e. The molecule has 0 atom stereocenters. The molecule has 0 rings (SSSR count). The highest BCUT2D eigenvalue weighted by Gasteiger charge is 1.94. The lowest BCUT2D eigenvalue weighted by Gasteiger charge is -2.10. The molecule has 0 fully saturated rings. The number of nitrogens with one attached hydrogen (secondary N) is 4. The van der Waals surface area contributed by atoms with Crippen molar-refractivity contribution in [3.63, 3.8) is 0 Å². The molecule has 0 bridgehead atoms. The Balaban J connectivity index is 3.33. The molecule has 0 aliphatic carbocycles. The van der Waals surface area contributed by atoms with Gasteiger partial charge in [0.15, 0.2) is 10.2 Å². The average molecular weight is 272 g/mol. The van der Waals surface area contributed by atoms with E-state index in [-0.39, 0.29) is 0 Å². The molecule has 0 aromatic heterocycles. The van der Waals surface area contributed by atoms with E-state index in [4.69, 9.17) is 24.4 Å². The van der Waals surface area contributed by atoms with Gasteiger partial charge in [-0.2, -0.15) is 0 Å². The standard InChI is InChI=1S/C11H20N4S2/c1-3-6-12-10(16)14-8-5-9-15-11(17)13-7-4-2/h3-4H,1-2,5-9H2,(H2,12,14,16)(H2,13,15,17). The monoisotopic (exact) mass is 272 g/mol. The molecular formula is C11H20N4S2. The minimum absolute atomic E-state index is 0.650. The van der Waals surface area contributed by atoms with Crippen LogP contribution in [0.2, 0.25) is 0 Å². The first-order valence-corrected chi connectivity index (χ1v) is 6.27. The molecule has 0 amide bonds. The number of hydrogen-bond donors (Lipinski definition) is 4. The van der Waals surface area contributed by atoms with E-state index in [2.05, 4.69) is 34.4 Å². The molecule has 4 nitrogen and oxygen atoms in total. The molecule has 0 aliphatic heterocycles. The van der Waals surface area contributed by atoms with E-state index in [1.165, 1.54) is 0 Å². The van der Waals surface area contributed by atoms with Crippen LogP contribution in [0.1, 0.15) is 6.42 Å². The van der Waals surface area contributed by atoms with Crippen molar-refractivity contribution in [3.8, 4) is 0 Å². The second kappa shape index (κ2) is 11.3. The Bertz CT molecular complexity index is 240. The Hall–Kier alpha value is -1.14. The summed E-state index contributed by atoms with van der Waals surface area (Å²) in [5.41, 5.74) is 0. The van der Waals surface area contributed by atoms with Crippen LogP contribution in [0.25, 0.3) is 0 Å². The number of hydrogen-bond acceptors (Lipinski definition) is 2. The first-order chi connectivity index (χ1) is 8.20. The van der Waals surface area contributed by atoms with Crippen molar-refractivity contribution in [1.29, 1.82) is 0 Å². The molecule has 96 valence electrons. The normalized spacial score (nSPS) is 8.94. The third-order valence-corrected chi connectivity index (χ3v) is 2.32. The van der Waals surface area contributed by atoms with Crippen LogP contribution in [0.3, 0.4) is 0 Å². The van der Waals surface area contributed by atoms with Crippen molar-refractivity contribution in [3.05, 3.63) is 25.3 Å². The molecule has 0 unspecified atom stereocenters. The van der Waals surface area contributed by atoms with E-state index in [0.29, 0.717) is 23.3 Å². The van der Waals surface area contributed by atoms with Gasteiger partial charge in [-0.05, 0) is 30.9 Å². The zero-order valence-electron chi connectivity index (χ0n) is 9.92. The topological polar surface area (TPSA) is 48.1 Å². The van der Waals surface area contributed by atoms with Gasteiger partial charge < -0.3 is 21.3 Å². The fraction of sp³-hybridized carbons (Fsp3) is 0.455. The van der Waals surface area contributed by atoms with Crippen LogP contribution in [0, 0.1) is 0 Å². The summed E-state index contributed by atoms with van der Waals surface area (Å²) in [6.07, 6.45) is 4.46. The van der Waals surface area contributed by atoms with Crippen LogP contribution < -0.4 is 21.3 Å². The Labute approximate surface area is 114 Å². The molecule has 0 aromatic carbocycles. The lowest BCUT2D eigenvalue weighted by atomic mass is 10.4. The van der Waals surface area contributed by atoms with Crippen molar-refractivity contribution in [2.75, 3.05) is 26.2 Å². The van der Waals surface area contributed by atoms with Crippen molar-refractivity contribution >= 4 is 34.7 Å². The molecule has 6 heteroatoms. The van der Waals surface area contributed by atoms with Gasteiger partial charge in [0.1, 0.15) is 0 Å². The van der Waals surface area contributed by atoms with Crippen molar-refractivity contribution in [1.82, 2.24) is 21.3 Å². The van der Waals surface area contributed by atoms with E-state index < -0.39 is 0 Å². The van der Waals surface area contributed by atoms with Gasteiger partial charge in [0.25, 0.3) is 0 Å². The second-order valence-electron chi connectivity index (χ2n) is 3.20. The lowest BCUT2D eigenvalue weighted by Crippen LogP contribution is -2.39. The average Bonchev–Trinajstić information content (AvgIpc) is 2.33. The summed E-state index contributed by atoms with van der Waals surface area (Å²) >= 11 is 10.1. The Morgan fingerprint density at radius 1 is 0.824 bits per heavy atom. The van der Waals surface area contributed by atoms with Crippen LogP contribution >= 0.6 is 24.4 Å². The summed E-state index contributed by atoms with van der Waals surface area (Å²) in [5, 5.41) is 13.5. The predicted octanol–water partition coefficient (Wildman–Crippen LogP) is 0.677. The van der Waals surface area contributed by atoms with Gasteiger partial charge in [-0.25, -0.2) is 0 Å². The molecule has 0 radical (unpaired) electrons. The van der Waals surface area contributed by atoms with Crippen LogP contribution in [-0.2, 0) is 0 Å². The third kappa shape index (κ3) is 11.1. The quantitative estimate of drug-likeness (QED) is 0.296. The molecule has 0 spiro atoms. The summed E-state index contributed by atoms with van der Waals surface area (Å²) in [4.78, 5) is 0. The Kier molecular flexibility index (Phi) is 10.6. The van der Waals surface area contributed by atoms with Gasteiger partial charge in [-0.1, -0.05) is 12.2 Å². The highest BCUT2D eigenvalue weighted by molar-refractivity contribution is 7.80. The molecule has 0 aliphatic rings. The van der Waals surface area contributed by atoms with Crippen LogP contribution in [0.15, 0.2) is 25.3 Å². The molecule has 0 heterocycles. The zero-order valence-corrected chi connectivity index (χ0v) is 11.6. The van der Waals surface area contributed by atoms with Gasteiger partial charge in [0.05, 0.1) is 0 Å². The molecule has 0 saturated carbocycles. The van der Waals surface area contributed by atoms with E-state index in [0.717, 1.165) is 19.5 Å². The first-order valence-electron chi connectivity index (χ1n) is 5.46. The molecule has 17 heavy (non-hydrogen) atoms. The smallest absolute Gasteiger partial charge is 0.166 e. The SMILES string of the molecule is C=CCNC(=S)NCCCNC(=S)NCC=C. The summed E-state index contributed by atoms with van der Waals surface area (Å²) in [6, 6.07) is 0. The van der Waals surface area contributed by atoms with Gasteiger partial charge in [0.2, 0.25) is 0 Å². The number of rotatable bonds is 8. The lowest BCUT2D eigenvalue weighted by molar-refractivity contribution is 0.729. The van der Waals surface area contributed by atoms with E-state index in [9.17, 15) is 0 Å². The van der Waals surface area contributed by atoms with Crippen LogP contribution in [0.5, 0.6) is 0 Å². The predicted molar refractivity (Wildman–Crippen MR) is 82.2 cm³/mol. The summed E-state index contributed by atoms with van der Waals surface area (Å²) in [7, 11) is 0. The zero-order chi connectivity index (χ0) is 12.9. The maximum atomic E-state index is 5.04. The fourth-order valence-electron chi connectivity index (χ4n) is 0.947. The first kappa shape index (κ1) is 15.9. The van der Waals surface area contributed by atoms with E-state index >= 15 is 0 Å². The van der Waals surface area contributed by atoms with Gasteiger partial charge in [0, 0.05) is 26.2 Å². The third-order valence-electron chi connectivity index (χ3n) is 1.74. The fourth-order valence-corrected chi connectivity index (χ4v) is 1.32. The largest absolute Gasteiger partial charge is 0.363 e. The minimum Gasteiger partial charge on any atom is -0.363 e. The summed E-state index contributed by atoms with van der Waals surface area (Å²) < 4.78 is 0. The second-order valence-corrected chi connectivity index (χ2v) is 4.02. The van der Waals surface area contributed by atoms with E-state index in [1.54, 1.807) is 12.2 Å². The van der Waals surface area contributed by atoms with Crippen molar-refractivity contribution in [2.24, 2.45) is 0 Å². The molecule has 0 saturated heterocycles. The highest BCUT2D eigenvalue weighted by Crippen LogP contribution is 1.76. The van der Waals surface area contributed by atoms with Crippen molar-refractivity contribution in [2.45, 2.75) is 6.42 Å². The van der Waals surface area contributed by atoms with Crippen molar-refractivity contribution < 1.29 is 0 Å². The van der Waals surface area contributed by atoms with Crippen LogP contribution in [0.4, 0.5) is 0 Å².